The molecule has 0 saturated carbocycles. The van der Waals surface area contributed by atoms with Crippen molar-refractivity contribution in [1.29, 1.82) is 0 Å². The maximum Gasteiger partial charge on any atom is 0.0679 e. The fraction of sp³-hybridized carbons (Fsp3) is 0.312. The Hall–Kier alpha value is -1.65. The van der Waals surface area contributed by atoms with E-state index < -0.39 is 0 Å². The fourth-order valence-electron chi connectivity index (χ4n) is 2.61. The van der Waals surface area contributed by atoms with Gasteiger partial charge in [0.25, 0.3) is 0 Å². The first-order chi connectivity index (χ1) is 9.69. The summed E-state index contributed by atoms with van der Waals surface area (Å²) in [5.41, 5.74) is 3.69. The Bertz CT molecular complexity index is 739. The normalized spacial score (nSPS) is 11.3. The van der Waals surface area contributed by atoms with E-state index in [2.05, 4.69) is 52.4 Å². The third-order valence-corrected chi connectivity index (χ3v) is 4.74. The van der Waals surface area contributed by atoms with Crippen LogP contribution in [0.1, 0.15) is 21.8 Å². The van der Waals surface area contributed by atoms with Gasteiger partial charge in [-0.05, 0) is 44.0 Å². The summed E-state index contributed by atoms with van der Waals surface area (Å²) in [5.74, 6) is 0. The number of aromatic nitrogens is 2. The molecular weight excluding hydrogens is 266 g/mol. The van der Waals surface area contributed by atoms with Crippen LogP contribution in [-0.2, 0) is 13.1 Å². The van der Waals surface area contributed by atoms with Gasteiger partial charge >= 0.3 is 0 Å². The molecule has 2 heterocycles. The van der Waals surface area contributed by atoms with Gasteiger partial charge in [0, 0.05) is 21.8 Å². The summed E-state index contributed by atoms with van der Waals surface area (Å²) in [5, 5.41) is 9.22. The van der Waals surface area contributed by atoms with Crippen LogP contribution in [0.3, 0.4) is 0 Å². The minimum Gasteiger partial charge on any atom is -0.315 e. The molecule has 20 heavy (non-hydrogen) atoms. The molecule has 0 fully saturated rings. The zero-order valence-corrected chi connectivity index (χ0v) is 12.9. The van der Waals surface area contributed by atoms with E-state index in [-0.39, 0.29) is 0 Å². The highest BCUT2D eigenvalue weighted by Gasteiger charge is 2.13. The van der Waals surface area contributed by atoms with Crippen LogP contribution in [0.2, 0.25) is 0 Å². The van der Waals surface area contributed by atoms with Crippen molar-refractivity contribution in [2.45, 2.75) is 26.9 Å². The monoisotopic (exact) mass is 285 g/mol. The second-order valence-corrected chi connectivity index (χ2v) is 6.25. The van der Waals surface area contributed by atoms with E-state index in [1.54, 1.807) is 0 Å². The number of hydrogen-bond acceptors (Lipinski definition) is 3. The Labute approximate surface area is 123 Å². The van der Waals surface area contributed by atoms with Gasteiger partial charge in [-0.3, -0.25) is 4.68 Å². The second kappa shape index (κ2) is 5.38. The molecule has 0 amide bonds. The minimum atomic E-state index is 0.848. The molecule has 0 spiro atoms. The quantitative estimate of drug-likeness (QED) is 0.795. The highest BCUT2D eigenvalue weighted by molar-refractivity contribution is 7.19. The Kier molecular flexibility index (Phi) is 3.59. The van der Waals surface area contributed by atoms with Crippen LogP contribution in [0.4, 0.5) is 0 Å². The van der Waals surface area contributed by atoms with Crippen LogP contribution in [-0.4, -0.2) is 16.8 Å². The zero-order chi connectivity index (χ0) is 14.1. The smallest absolute Gasteiger partial charge is 0.0679 e. The van der Waals surface area contributed by atoms with Crippen LogP contribution < -0.4 is 5.32 Å². The lowest BCUT2D eigenvalue weighted by atomic mass is 10.1. The number of nitrogens with zero attached hydrogens (tertiary/aromatic N) is 2. The first-order valence-corrected chi connectivity index (χ1v) is 7.65. The number of aryl methyl sites for hydroxylation is 2. The van der Waals surface area contributed by atoms with E-state index in [0.717, 1.165) is 18.8 Å². The van der Waals surface area contributed by atoms with Crippen molar-refractivity contribution in [2.24, 2.45) is 0 Å². The summed E-state index contributed by atoms with van der Waals surface area (Å²) in [6, 6.07) is 10.8. The number of nitrogens with one attached hydrogen (secondary N) is 1. The molecule has 0 aliphatic carbocycles. The van der Waals surface area contributed by atoms with Crippen molar-refractivity contribution in [3.63, 3.8) is 0 Å². The van der Waals surface area contributed by atoms with Gasteiger partial charge in [-0.25, -0.2) is 0 Å². The second-order valence-electron chi connectivity index (χ2n) is 5.12. The molecule has 0 saturated heterocycles. The van der Waals surface area contributed by atoms with E-state index >= 15 is 0 Å². The Morgan fingerprint density at radius 1 is 1.25 bits per heavy atom. The Morgan fingerprint density at radius 2 is 2.05 bits per heavy atom. The molecule has 0 unspecified atom stereocenters. The number of hydrogen-bond donors (Lipinski definition) is 1. The lowest BCUT2D eigenvalue weighted by Crippen LogP contribution is -2.09. The van der Waals surface area contributed by atoms with Crippen molar-refractivity contribution < 1.29 is 0 Å². The largest absolute Gasteiger partial charge is 0.315 e. The Morgan fingerprint density at radius 3 is 2.75 bits per heavy atom. The number of benzene rings is 1. The summed E-state index contributed by atoms with van der Waals surface area (Å²) in [6.07, 6.45) is 0. The first kappa shape index (κ1) is 13.3. The molecule has 1 aromatic carbocycles. The summed E-state index contributed by atoms with van der Waals surface area (Å²) in [6.45, 7) is 5.92. The third kappa shape index (κ3) is 2.37. The van der Waals surface area contributed by atoms with Crippen molar-refractivity contribution in [1.82, 2.24) is 15.1 Å². The van der Waals surface area contributed by atoms with Gasteiger partial charge in [0.05, 0.1) is 12.2 Å². The Balaban J connectivity index is 2.08. The molecule has 0 bridgehead atoms. The van der Waals surface area contributed by atoms with Gasteiger partial charge in [-0.15, -0.1) is 11.3 Å². The number of fused-ring (bicyclic) bond motifs is 1. The van der Waals surface area contributed by atoms with Gasteiger partial charge in [-0.1, -0.05) is 18.2 Å². The van der Waals surface area contributed by atoms with E-state index in [1.807, 2.05) is 25.3 Å². The van der Waals surface area contributed by atoms with Crippen LogP contribution in [0.15, 0.2) is 30.3 Å². The molecule has 104 valence electrons. The van der Waals surface area contributed by atoms with E-state index in [4.69, 9.17) is 0 Å². The molecule has 2 aromatic heterocycles. The van der Waals surface area contributed by atoms with Crippen LogP contribution in [0.25, 0.3) is 10.1 Å². The zero-order valence-electron chi connectivity index (χ0n) is 12.1. The van der Waals surface area contributed by atoms with Crippen LogP contribution in [0.5, 0.6) is 0 Å². The summed E-state index contributed by atoms with van der Waals surface area (Å²) < 4.78 is 3.46. The molecule has 0 aliphatic rings. The number of thiophene rings is 1. The predicted octanol–water partition coefficient (Wildman–Crippen LogP) is 3.48. The molecule has 1 N–H and O–H groups in total. The van der Waals surface area contributed by atoms with E-state index in [0.29, 0.717) is 0 Å². The average Bonchev–Trinajstić information content (AvgIpc) is 2.92. The average molecular weight is 285 g/mol. The molecule has 0 radical (unpaired) electrons. The SMILES string of the molecule is CNCc1sc2ccccc2c1Cn1nc(C)cc1C. The van der Waals surface area contributed by atoms with Crippen molar-refractivity contribution >= 4 is 21.4 Å². The third-order valence-electron chi connectivity index (χ3n) is 3.53. The molecular formula is C16H19N3S. The standard InChI is InChI=1S/C16H19N3S/c1-11-8-12(2)19(18-11)10-14-13-6-4-5-7-15(13)20-16(14)9-17-3/h4-8,17H,9-10H2,1-3H3. The van der Waals surface area contributed by atoms with Crippen LogP contribution in [0, 0.1) is 13.8 Å². The molecule has 4 heteroatoms. The predicted molar refractivity (Wildman–Crippen MR) is 85.4 cm³/mol. The summed E-state index contributed by atoms with van der Waals surface area (Å²) >= 11 is 1.88. The molecule has 3 rings (SSSR count). The first-order valence-electron chi connectivity index (χ1n) is 6.84. The molecule has 0 atom stereocenters. The maximum atomic E-state index is 4.59. The van der Waals surface area contributed by atoms with Gasteiger partial charge in [0.15, 0.2) is 0 Å². The highest BCUT2D eigenvalue weighted by Crippen LogP contribution is 2.32. The van der Waals surface area contributed by atoms with Gasteiger partial charge in [0.2, 0.25) is 0 Å². The molecule has 3 aromatic rings. The summed E-state index contributed by atoms with van der Waals surface area (Å²) in [7, 11) is 2.00. The molecule has 3 nitrogen and oxygen atoms in total. The number of rotatable bonds is 4. The van der Waals surface area contributed by atoms with Crippen molar-refractivity contribution in [2.75, 3.05) is 7.05 Å². The lowest BCUT2D eigenvalue weighted by Gasteiger charge is -2.07. The van der Waals surface area contributed by atoms with Gasteiger partial charge in [0.1, 0.15) is 0 Å². The molecule has 0 aliphatic heterocycles. The van der Waals surface area contributed by atoms with Crippen molar-refractivity contribution in [3.8, 4) is 0 Å². The van der Waals surface area contributed by atoms with Gasteiger partial charge < -0.3 is 5.32 Å². The minimum absolute atomic E-state index is 0.848. The summed E-state index contributed by atoms with van der Waals surface area (Å²) in [4.78, 5) is 1.40. The topological polar surface area (TPSA) is 29.9 Å². The van der Waals surface area contributed by atoms with Gasteiger partial charge in [-0.2, -0.15) is 5.10 Å². The van der Waals surface area contributed by atoms with E-state index in [9.17, 15) is 0 Å². The fourth-order valence-corrected chi connectivity index (χ4v) is 3.84. The van der Waals surface area contributed by atoms with Crippen LogP contribution >= 0.6 is 11.3 Å². The highest BCUT2D eigenvalue weighted by atomic mass is 32.1. The maximum absolute atomic E-state index is 4.59. The van der Waals surface area contributed by atoms with E-state index in [1.165, 1.54) is 26.2 Å². The lowest BCUT2D eigenvalue weighted by molar-refractivity contribution is 0.656. The van der Waals surface area contributed by atoms with Crippen molar-refractivity contribution in [3.05, 3.63) is 52.2 Å².